The van der Waals surface area contributed by atoms with Crippen molar-refractivity contribution >= 4 is 11.9 Å². The van der Waals surface area contributed by atoms with E-state index >= 15 is 0 Å². The molecular weight excluding hydrogens is 344 g/mol. The number of aliphatic carboxylic acids is 1. The third-order valence-electron chi connectivity index (χ3n) is 5.35. The van der Waals surface area contributed by atoms with Gasteiger partial charge in [-0.15, -0.1) is 0 Å². The molecular formula is C22H36O5. The molecule has 0 heterocycles. The zero-order chi connectivity index (χ0) is 20.1. The molecule has 1 saturated carbocycles. The maximum absolute atomic E-state index is 11.5. The number of hydrogen-bond acceptors (Lipinski definition) is 4. The Morgan fingerprint density at radius 2 is 1.85 bits per heavy atom. The predicted molar refractivity (Wildman–Crippen MR) is 105 cm³/mol. The fourth-order valence-electron chi connectivity index (χ4n) is 3.91. The Kier molecular flexibility index (Phi) is 11.8. The Bertz CT molecular complexity index is 505. The number of carboxylic acid groups (broad SMARTS) is 1. The van der Waals surface area contributed by atoms with Crippen molar-refractivity contribution in [3.8, 4) is 11.8 Å². The zero-order valence-corrected chi connectivity index (χ0v) is 16.9. The Morgan fingerprint density at radius 1 is 1.11 bits per heavy atom. The van der Waals surface area contributed by atoms with Gasteiger partial charge in [-0.3, -0.25) is 9.59 Å². The van der Waals surface area contributed by atoms with Crippen LogP contribution >= 0.6 is 0 Å². The molecule has 5 nitrogen and oxygen atoms in total. The predicted octanol–water partition coefficient (Wildman–Crippen LogP) is 4.31. The molecule has 0 amide bonds. The second-order valence-electron chi connectivity index (χ2n) is 7.63. The minimum Gasteiger partial charge on any atom is -0.481 e. The van der Waals surface area contributed by atoms with Crippen LogP contribution in [0.4, 0.5) is 0 Å². The lowest BCUT2D eigenvalue weighted by atomic mass is 9.85. The van der Waals surface area contributed by atoms with Crippen LogP contribution < -0.4 is 0 Å². The summed E-state index contributed by atoms with van der Waals surface area (Å²) in [5, 5.41) is 19.1. The lowest BCUT2D eigenvalue weighted by Crippen LogP contribution is -2.31. The minimum atomic E-state index is -0.747. The fourth-order valence-corrected chi connectivity index (χ4v) is 3.91. The molecule has 0 radical (unpaired) electrons. The summed E-state index contributed by atoms with van der Waals surface area (Å²) in [7, 11) is 0. The van der Waals surface area contributed by atoms with Crippen LogP contribution in [0.5, 0.6) is 0 Å². The van der Waals surface area contributed by atoms with E-state index in [1.807, 2.05) is 0 Å². The van der Waals surface area contributed by atoms with Crippen LogP contribution in [0.15, 0.2) is 0 Å². The van der Waals surface area contributed by atoms with Gasteiger partial charge < -0.3 is 14.9 Å². The second-order valence-corrected chi connectivity index (χ2v) is 7.63. The molecule has 154 valence electrons. The second kappa shape index (κ2) is 13.6. The van der Waals surface area contributed by atoms with Gasteiger partial charge in [-0.25, -0.2) is 0 Å². The van der Waals surface area contributed by atoms with Gasteiger partial charge in [0.2, 0.25) is 0 Å². The molecule has 1 rings (SSSR count). The number of aliphatic hydroxyl groups is 1. The van der Waals surface area contributed by atoms with E-state index in [0.29, 0.717) is 6.42 Å². The Balaban J connectivity index is 2.55. The van der Waals surface area contributed by atoms with Gasteiger partial charge in [0.05, 0.1) is 6.10 Å². The van der Waals surface area contributed by atoms with Crippen LogP contribution in [0.2, 0.25) is 0 Å². The largest absolute Gasteiger partial charge is 0.481 e. The molecule has 0 aromatic carbocycles. The summed E-state index contributed by atoms with van der Waals surface area (Å²) in [6.45, 7) is 3.57. The molecule has 4 atom stereocenters. The van der Waals surface area contributed by atoms with Gasteiger partial charge in [-0.05, 0) is 38.0 Å². The summed E-state index contributed by atoms with van der Waals surface area (Å²) in [5.74, 6) is 5.44. The van der Waals surface area contributed by atoms with Crippen molar-refractivity contribution in [3.63, 3.8) is 0 Å². The topological polar surface area (TPSA) is 83.8 Å². The van der Waals surface area contributed by atoms with E-state index in [0.717, 1.165) is 64.2 Å². The van der Waals surface area contributed by atoms with E-state index in [4.69, 9.17) is 9.84 Å². The maximum atomic E-state index is 11.5. The van der Waals surface area contributed by atoms with Gasteiger partial charge >= 0.3 is 11.9 Å². The Hall–Kier alpha value is -1.54. The molecule has 0 spiro atoms. The van der Waals surface area contributed by atoms with Crippen LogP contribution in [-0.2, 0) is 14.3 Å². The first-order chi connectivity index (χ1) is 13.0. The summed E-state index contributed by atoms with van der Waals surface area (Å²) in [4.78, 5) is 22.1. The highest BCUT2D eigenvalue weighted by Gasteiger charge is 2.40. The summed E-state index contributed by atoms with van der Waals surface area (Å²) in [5.41, 5.74) is 0. The highest BCUT2D eigenvalue weighted by atomic mass is 16.5. The van der Waals surface area contributed by atoms with Gasteiger partial charge in [-0.1, -0.05) is 50.9 Å². The van der Waals surface area contributed by atoms with Crippen LogP contribution in [0.25, 0.3) is 0 Å². The number of rotatable bonds is 12. The van der Waals surface area contributed by atoms with E-state index in [9.17, 15) is 14.7 Å². The first-order valence-electron chi connectivity index (χ1n) is 10.5. The summed E-state index contributed by atoms with van der Waals surface area (Å²) >= 11 is 0. The van der Waals surface area contributed by atoms with Crippen LogP contribution in [0.1, 0.15) is 90.9 Å². The molecule has 27 heavy (non-hydrogen) atoms. The third-order valence-corrected chi connectivity index (χ3v) is 5.35. The average Bonchev–Trinajstić information content (AvgIpc) is 2.97. The monoisotopic (exact) mass is 380 g/mol. The van der Waals surface area contributed by atoms with Crippen LogP contribution in [-0.4, -0.2) is 34.4 Å². The highest BCUT2D eigenvalue weighted by Crippen LogP contribution is 2.39. The van der Waals surface area contributed by atoms with Gasteiger partial charge in [-0.2, -0.15) is 0 Å². The molecule has 5 heteroatoms. The number of aliphatic hydroxyl groups excluding tert-OH is 1. The number of carbonyl (C=O) groups excluding carboxylic acids is 1. The number of ether oxygens (including phenoxy) is 1. The normalized spacial score (nSPS) is 22.7. The van der Waals surface area contributed by atoms with Crippen molar-refractivity contribution in [3.05, 3.63) is 0 Å². The van der Waals surface area contributed by atoms with Gasteiger partial charge in [0.1, 0.15) is 0 Å². The fraction of sp³-hybridized carbons (Fsp3) is 0.818. The number of carbonyl (C=O) groups is 2. The molecule has 0 bridgehead atoms. The number of carboxylic acids is 1. The standard InChI is InChI=1S/C22H36O5/c1-3-4-5-6-10-13-21(27-17(2)23)19-15-16-20(24)18(19)12-9-7-8-11-14-22(25)26/h18-21,24H,3-9,11-12,14-16H2,1-2H3,(H,25,26). The molecule has 0 aromatic heterocycles. The van der Waals surface area contributed by atoms with Crippen LogP contribution in [0, 0.1) is 23.7 Å². The van der Waals surface area contributed by atoms with Gasteiger partial charge in [0.15, 0.2) is 6.10 Å². The summed E-state index contributed by atoms with van der Waals surface area (Å²) < 4.78 is 5.50. The first kappa shape index (κ1) is 23.5. The number of esters is 1. The summed E-state index contributed by atoms with van der Waals surface area (Å²) in [6.07, 6.45) is 9.53. The van der Waals surface area contributed by atoms with Gasteiger partial charge in [0, 0.05) is 25.7 Å². The lowest BCUT2D eigenvalue weighted by molar-refractivity contribution is -0.146. The molecule has 0 aliphatic heterocycles. The minimum absolute atomic E-state index is 0.0848. The molecule has 4 unspecified atom stereocenters. The maximum Gasteiger partial charge on any atom is 0.303 e. The van der Waals surface area contributed by atoms with Crippen molar-refractivity contribution in [1.82, 2.24) is 0 Å². The molecule has 1 aliphatic carbocycles. The van der Waals surface area contributed by atoms with E-state index in [-0.39, 0.29) is 30.3 Å². The van der Waals surface area contributed by atoms with E-state index in [2.05, 4.69) is 18.8 Å². The molecule has 1 fully saturated rings. The zero-order valence-electron chi connectivity index (χ0n) is 16.9. The molecule has 1 aliphatic rings. The SMILES string of the molecule is CCCCCC#CC(OC(C)=O)C1CCC(O)C1CCCCCCC(=O)O. The molecule has 0 aromatic rings. The molecule has 0 saturated heterocycles. The third kappa shape index (κ3) is 9.81. The van der Waals surface area contributed by atoms with Crippen LogP contribution in [0.3, 0.4) is 0 Å². The number of hydrogen-bond donors (Lipinski definition) is 2. The van der Waals surface area contributed by atoms with Gasteiger partial charge in [0.25, 0.3) is 0 Å². The van der Waals surface area contributed by atoms with E-state index in [1.165, 1.54) is 6.92 Å². The first-order valence-corrected chi connectivity index (χ1v) is 10.5. The smallest absolute Gasteiger partial charge is 0.303 e. The highest BCUT2D eigenvalue weighted by molar-refractivity contribution is 5.66. The average molecular weight is 381 g/mol. The number of unbranched alkanes of at least 4 members (excludes halogenated alkanes) is 6. The quantitative estimate of drug-likeness (QED) is 0.299. The van der Waals surface area contributed by atoms with Crippen molar-refractivity contribution in [2.45, 2.75) is 103 Å². The lowest BCUT2D eigenvalue weighted by Gasteiger charge is -2.26. The Labute approximate surface area is 163 Å². The van der Waals surface area contributed by atoms with Crippen molar-refractivity contribution in [2.75, 3.05) is 0 Å². The van der Waals surface area contributed by atoms with Crippen molar-refractivity contribution in [1.29, 1.82) is 0 Å². The van der Waals surface area contributed by atoms with Crippen molar-refractivity contribution in [2.24, 2.45) is 11.8 Å². The Morgan fingerprint density at radius 3 is 2.52 bits per heavy atom. The molecule has 2 N–H and O–H groups in total. The van der Waals surface area contributed by atoms with E-state index < -0.39 is 12.1 Å². The van der Waals surface area contributed by atoms with E-state index in [1.54, 1.807) is 0 Å². The van der Waals surface area contributed by atoms with Crippen molar-refractivity contribution < 1.29 is 24.5 Å². The summed E-state index contributed by atoms with van der Waals surface area (Å²) in [6, 6.07) is 0.